The Morgan fingerprint density at radius 1 is 1.64 bits per heavy atom. The topological polar surface area (TPSA) is 50.7 Å². The van der Waals surface area contributed by atoms with Crippen LogP contribution in [0.3, 0.4) is 0 Å². The van der Waals surface area contributed by atoms with E-state index in [-0.39, 0.29) is 18.8 Å². The maximum Gasteiger partial charge on any atom is 0.0700 e. The Morgan fingerprint density at radius 2 is 2.43 bits per heavy atom. The molecular weight excluding hydrogens is 182 g/mol. The predicted molar refractivity (Wildman–Crippen MR) is 54.3 cm³/mol. The Morgan fingerprint density at radius 3 is 2.93 bits per heavy atom. The molecule has 3 unspecified atom stereocenters. The van der Waals surface area contributed by atoms with Gasteiger partial charge in [-0.25, -0.2) is 0 Å². The molecule has 1 aliphatic rings. The third-order valence-corrected chi connectivity index (χ3v) is 2.67. The maximum atomic E-state index is 8.88. The van der Waals surface area contributed by atoms with Crippen molar-refractivity contribution in [3.8, 4) is 0 Å². The van der Waals surface area contributed by atoms with E-state index in [0.29, 0.717) is 12.6 Å². The van der Waals surface area contributed by atoms with Crippen LogP contribution in [-0.4, -0.2) is 50.2 Å². The fourth-order valence-electron chi connectivity index (χ4n) is 1.83. The molecule has 1 rings (SSSR count). The summed E-state index contributed by atoms with van der Waals surface area (Å²) in [4.78, 5) is 0. The highest BCUT2D eigenvalue weighted by molar-refractivity contribution is 4.82. The summed E-state index contributed by atoms with van der Waals surface area (Å²) in [5.74, 6) is 0. The molecule has 0 aromatic heterocycles. The van der Waals surface area contributed by atoms with Crippen LogP contribution >= 0.6 is 0 Å². The summed E-state index contributed by atoms with van der Waals surface area (Å²) in [6.45, 7) is 3.75. The van der Waals surface area contributed by atoms with E-state index in [0.717, 1.165) is 19.4 Å². The van der Waals surface area contributed by atoms with Gasteiger partial charge >= 0.3 is 0 Å². The molecule has 4 nitrogen and oxygen atoms in total. The Balaban J connectivity index is 2.29. The van der Waals surface area contributed by atoms with Crippen LogP contribution in [0.2, 0.25) is 0 Å². The SMILES string of the molecule is COCC(CCO)NC1CCOC1C. The maximum absolute atomic E-state index is 8.88. The smallest absolute Gasteiger partial charge is 0.0700 e. The lowest BCUT2D eigenvalue weighted by atomic mass is 10.1. The lowest BCUT2D eigenvalue weighted by molar-refractivity contribution is 0.0987. The van der Waals surface area contributed by atoms with E-state index in [1.165, 1.54) is 0 Å². The third kappa shape index (κ3) is 3.53. The second kappa shape index (κ2) is 6.35. The van der Waals surface area contributed by atoms with Crippen LogP contribution < -0.4 is 5.32 Å². The minimum absolute atomic E-state index is 0.197. The molecule has 0 spiro atoms. The Labute approximate surface area is 85.6 Å². The number of rotatable bonds is 6. The zero-order valence-corrected chi connectivity index (χ0v) is 9.03. The highest BCUT2D eigenvalue weighted by atomic mass is 16.5. The van der Waals surface area contributed by atoms with Gasteiger partial charge in [0.05, 0.1) is 12.7 Å². The van der Waals surface area contributed by atoms with E-state index in [1.54, 1.807) is 7.11 Å². The van der Waals surface area contributed by atoms with Gasteiger partial charge in [0.1, 0.15) is 0 Å². The van der Waals surface area contributed by atoms with Crippen molar-refractivity contribution in [2.45, 2.75) is 38.0 Å². The average molecular weight is 203 g/mol. The molecule has 4 heteroatoms. The van der Waals surface area contributed by atoms with E-state index in [9.17, 15) is 0 Å². The normalized spacial score (nSPS) is 29.4. The summed E-state index contributed by atoms with van der Waals surface area (Å²) < 4.78 is 10.5. The van der Waals surface area contributed by atoms with Crippen molar-refractivity contribution < 1.29 is 14.6 Å². The first-order valence-corrected chi connectivity index (χ1v) is 5.25. The van der Waals surface area contributed by atoms with Gasteiger partial charge in [0.2, 0.25) is 0 Å². The van der Waals surface area contributed by atoms with Crippen molar-refractivity contribution in [1.82, 2.24) is 5.32 Å². The monoisotopic (exact) mass is 203 g/mol. The van der Waals surface area contributed by atoms with Crippen molar-refractivity contribution in [3.05, 3.63) is 0 Å². The van der Waals surface area contributed by atoms with Gasteiger partial charge in [-0.05, 0) is 19.8 Å². The number of hydrogen-bond donors (Lipinski definition) is 2. The molecule has 0 amide bonds. The highest BCUT2D eigenvalue weighted by Gasteiger charge is 2.26. The number of aliphatic hydroxyl groups is 1. The average Bonchev–Trinajstić information content (AvgIpc) is 2.53. The largest absolute Gasteiger partial charge is 0.396 e. The molecule has 84 valence electrons. The molecule has 2 N–H and O–H groups in total. The molecule has 3 atom stereocenters. The van der Waals surface area contributed by atoms with E-state index in [2.05, 4.69) is 12.2 Å². The minimum atomic E-state index is 0.197. The number of nitrogens with one attached hydrogen (secondary N) is 1. The molecule has 1 aliphatic heterocycles. The minimum Gasteiger partial charge on any atom is -0.396 e. The Hall–Kier alpha value is -0.160. The summed E-state index contributed by atoms with van der Waals surface area (Å²) in [5.41, 5.74) is 0. The van der Waals surface area contributed by atoms with E-state index in [4.69, 9.17) is 14.6 Å². The summed E-state index contributed by atoms with van der Waals surface area (Å²) >= 11 is 0. The number of aliphatic hydroxyl groups excluding tert-OH is 1. The highest BCUT2D eigenvalue weighted by Crippen LogP contribution is 2.13. The van der Waals surface area contributed by atoms with Crippen molar-refractivity contribution in [3.63, 3.8) is 0 Å². The summed E-state index contributed by atoms with van der Waals surface area (Å²) in [6, 6.07) is 0.640. The van der Waals surface area contributed by atoms with Crippen LogP contribution in [0.25, 0.3) is 0 Å². The molecule has 14 heavy (non-hydrogen) atoms. The molecule has 0 aliphatic carbocycles. The molecule has 0 aromatic rings. The molecule has 0 saturated carbocycles. The zero-order chi connectivity index (χ0) is 10.4. The van der Waals surface area contributed by atoms with Gasteiger partial charge in [-0.2, -0.15) is 0 Å². The molecule has 0 bridgehead atoms. The van der Waals surface area contributed by atoms with E-state index < -0.39 is 0 Å². The number of ether oxygens (including phenoxy) is 2. The van der Waals surface area contributed by atoms with Gasteiger partial charge in [-0.1, -0.05) is 0 Å². The van der Waals surface area contributed by atoms with Gasteiger partial charge < -0.3 is 19.9 Å². The third-order valence-electron chi connectivity index (χ3n) is 2.67. The molecule has 1 fully saturated rings. The fraction of sp³-hybridized carbons (Fsp3) is 1.00. The first-order chi connectivity index (χ1) is 6.77. The molecule has 0 radical (unpaired) electrons. The molecule has 1 heterocycles. The predicted octanol–water partition coefficient (Wildman–Crippen LogP) is 0.151. The number of methoxy groups -OCH3 is 1. The van der Waals surface area contributed by atoms with Crippen LogP contribution in [0.1, 0.15) is 19.8 Å². The van der Waals surface area contributed by atoms with Crippen LogP contribution in [0.15, 0.2) is 0 Å². The van der Waals surface area contributed by atoms with Crippen molar-refractivity contribution >= 4 is 0 Å². The Kier molecular flexibility index (Phi) is 5.40. The van der Waals surface area contributed by atoms with Crippen LogP contribution in [0.5, 0.6) is 0 Å². The van der Waals surface area contributed by atoms with Crippen molar-refractivity contribution in [2.24, 2.45) is 0 Å². The second-order valence-electron chi connectivity index (χ2n) is 3.80. The zero-order valence-electron chi connectivity index (χ0n) is 9.03. The molecule has 0 aromatic carbocycles. The van der Waals surface area contributed by atoms with Crippen LogP contribution in [-0.2, 0) is 9.47 Å². The lowest BCUT2D eigenvalue weighted by Crippen LogP contribution is -2.44. The molecule has 1 saturated heterocycles. The van der Waals surface area contributed by atoms with Gasteiger partial charge in [0, 0.05) is 32.4 Å². The number of hydrogen-bond acceptors (Lipinski definition) is 4. The van der Waals surface area contributed by atoms with E-state index in [1.807, 2.05) is 0 Å². The first-order valence-electron chi connectivity index (χ1n) is 5.25. The van der Waals surface area contributed by atoms with Crippen LogP contribution in [0.4, 0.5) is 0 Å². The standard InChI is InChI=1S/C10H21NO3/c1-8-10(4-6-14-8)11-9(3-5-12)7-13-2/h8-12H,3-7H2,1-2H3. The second-order valence-corrected chi connectivity index (χ2v) is 3.80. The summed E-state index contributed by atoms with van der Waals surface area (Å²) in [5, 5.41) is 12.3. The lowest BCUT2D eigenvalue weighted by Gasteiger charge is -2.23. The van der Waals surface area contributed by atoms with Gasteiger partial charge in [-0.15, -0.1) is 0 Å². The van der Waals surface area contributed by atoms with Gasteiger partial charge in [0.15, 0.2) is 0 Å². The van der Waals surface area contributed by atoms with Gasteiger partial charge in [0.25, 0.3) is 0 Å². The fourth-order valence-corrected chi connectivity index (χ4v) is 1.83. The van der Waals surface area contributed by atoms with E-state index >= 15 is 0 Å². The first kappa shape index (κ1) is 11.9. The van der Waals surface area contributed by atoms with Gasteiger partial charge in [-0.3, -0.25) is 0 Å². The summed E-state index contributed by atoms with van der Waals surface area (Å²) in [6.07, 6.45) is 2.05. The quantitative estimate of drug-likeness (QED) is 0.645. The summed E-state index contributed by atoms with van der Waals surface area (Å²) in [7, 11) is 1.68. The van der Waals surface area contributed by atoms with Crippen LogP contribution in [0, 0.1) is 0 Å². The van der Waals surface area contributed by atoms with Crippen molar-refractivity contribution in [2.75, 3.05) is 26.9 Å². The van der Waals surface area contributed by atoms with Crippen molar-refractivity contribution in [1.29, 1.82) is 0 Å². The Bertz CT molecular complexity index is 148. The molecular formula is C10H21NO3.